The lowest BCUT2D eigenvalue weighted by atomic mass is 9.62. The Kier molecular flexibility index (Phi) is 7.51. The number of thioether (sulfide) groups is 1. The first-order valence-corrected chi connectivity index (χ1v) is 14.0. The highest BCUT2D eigenvalue weighted by Gasteiger charge is 2.43. The van der Waals surface area contributed by atoms with Gasteiger partial charge in [-0.2, -0.15) is 0 Å². The summed E-state index contributed by atoms with van der Waals surface area (Å²) in [4.78, 5) is 43.2. The Morgan fingerprint density at radius 3 is 2.42 bits per heavy atom. The van der Waals surface area contributed by atoms with E-state index in [-0.39, 0.29) is 28.5 Å². The number of fused-ring (bicyclic) bond motifs is 4. The molecule has 1 aromatic heterocycles. The van der Waals surface area contributed by atoms with E-state index in [9.17, 15) is 14.4 Å². The van der Waals surface area contributed by atoms with Crippen LogP contribution in [0.2, 0.25) is 0 Å². The number of amides is 2. The second kappa shape index (κ2) is 11.0. The molecule has 2 aromatic carbocycles. The van der Waals surface area contributed by atoms with Crippen molar-refractivity contribution in [2.75, 3.05) is 16.4 Å². The third-order valence-corrected chi connectivity index (χ3v) is 8.39. The molecule has 5 rings (SSSR count). The molecule has 0 atom stereocenters. The van der Waals surface area contributed by atoms with Crippen LogP contribution in [0.3, 0.4) is 0 Å². The van der Waals surface area contributed by atoms with Gasteiger partial charge in [-0.25, -0.2) is 4.98 Å². The maximum absolute atomic E-state index is 14.1. The molecule has 38 heavy (non-hydrogen) atoms. The number of nitrogens with zero attached hydrogens (tertiary/aromatic N) is 2. The summed E-state index contributed by atoms with van der Waals surface area (Å²) in [5, 5.41) is 6.10. The summed E-state index contributed by atoms with van der Waals surface area (Å²) in [7, 11) is 0. The summed E-state index contributed by atoms with van der Waals surface area (Å²) in [6.07, 6.45) is 8.00. The number of carbonyl (C=O) groups excluding carboxylic acids is 2. The van der Waals surface area contributed by atoms with Crippen LogP contribution in [0.5, 0.6) is 0 Å². The van der Waals surface area contributed by atoms with Gasteiger partial charge in [0.25, 0.3) is 5.56 Å². The highest BCUT2D eigenvalue weighted by molar-refractivity contribution is 7.99. The highest BCUT2D eigenvalue weighted by Crippen LogP contribution is 2.48. The highest BCUT2D eigenvalue weighted by atomic mass is 32.2. The topological polar surface area (TPSA) is 93.1 Å². The van der Waals surface area contributed by atoms with E-state index in [1.54, 1.807) is 34.9 Å². The van der Waals surface area contributed by atoms with E-state index in [4.69, 9.17) is 4.98 Å². The lowest BCUT2D eigenvalue weighted by molar-refractivity contribution is -0.114. The number of aromatic nitrogens is 2. The van der Waals surface area contributed by atoms with Gasteiger partial charge in [-0.1, -0.05) is 61.4 Å². The van der Waals surface area contributed by atoms with E-state index in [1.165, 1.54) is 30.7 Å². The Morgan fingerprint density at radius 2 is 1.74 bits per heavy atom. The van der Waals surface area contributed by atoms with Crippen molar-refractivity contribution >= 4 is 35.0 Å². The summed E-state index contributed by atoms with van der Waals surface area (Å²) in [6.45, 7) is 5.65. The Balaban J connectivity index is 1.44. The predicted molar refractivity (Wildman–Crippen MR) is 153 cm³/mol. The van der Waals surface area contributed by atoms with Gasteiger partial charge >= 0.3 is 0 Å². The molecule has 2 N–H and O–H groups in total. The number of hydrogen-bond acceptors (Lipinski definition) is 5. The van der Waals surface area contributed by atoms with Crippen LogP contribution in [0, 0.1) is 0 Å². The van der Waals surface area contributed by atoms with E-state index in [1.807, 2.05) is 6.07 Å². The van der Waals surface area contributed by atoms with Crippen LogP contribution in [0.1, 0.15) is 50.2 Å². The zero-order chi connectivity index (χ0) is 26.7. The first-order chi connectivity index (χ1) is 18.4. The van der Waals surface area contributed by atoms with Gasteiger partial charge in [0.1, 0.15) is 0 Å². The van der Waals surface area contributed by atoms with Crippen molar-refractivity contribution in [3.63, 3.8) is 0 Å². The van der Waals surface area contributed by atoms with Crippen molar-refractivity contribution in [2.45, 2.75) is 62.6 Å². The molecule has 1 saturated carbocycles. The van der Waals surface area contributed by atoms with Gasteiger partial charge in [-0.3, -0.25) is 19.0 Å². The molecule has 196 valence electrons. The number of allylic oxidation sites excluding steroid dienone is 1. The third-order valence-electron chi connectivity index (χ3n) is 7.41. The summed E-state index contributed by atoms with van der Waals surface area (Å²) in [5.74, 6) is -0.260. The SMILES string of the molecule is C=CCn1c(SCC(=O)Nc2ccc(NC(C)=O)cc2)nc2c(c1=O)C1(CCCCC1)Cc1ccccc1-2. The molecule has 0 bridgehead atoms. The smallest absolute Gasteiger partial charge is 0.258 e. The van der Waals surface area contributed by atoms with Crippen LogP contribution >= 0.6 is 11.8 Å². The van der Waals surface area contributed by atoms with Gasteiger partial charge in [0.2, 0.25) is 11.8 Å². The number of rotatable bonds is 7. The van der Waals surface area contributed by atoms with E-state index >= 15 is 0 Å². The van der Waals surface area contributed by atoms with E-state index in [0.717, 1.165) is 48.9 Å². The van der Waals surface area contributed by atoms with Crippen LogP contribution < -0.4 is 16.2 Å². The summed E-state index contributed by atoms with van der Waals surface area (Å²) in [6, 6.07) is 15.2. The minimum absolute atomic E-state index is 0.0113. The van der Waals surface area contributed by atoms with Crippen LogP contribution in [-0.2, 0) is 28.0 Å². The maximum atomic E-state index is 14.1. The Bertz CT molecular complexity index is 1440. The van der Waals surface area contributed by atoms with E-state index in [0.29, 0.717) is 23.1 Å². The van der Waals surface area contributed by atoms with Gasteiger partial charge < -0.3 is 10.6 Å². The zero-order valence-electron chi connectivity index (χ0n) is 21.6. The molecule has 0 unspecified atom stereocenters. The van der Waals surface area contributed by atoms with Crippen LogP contribution in [0.15, 0.2) is 71.1 Å². The fraction of sp³-hybridized carbons (Fsp3) is 0.333. The van der Waals surface area contributed by atoms with Gasteiger partial charge in [-0.05, 0) is 49.1 Å². The van der Waals surface area contributed by atoms with Gasteiger partial charge in [-0.15, -0.1) is 6.58 Å². The van der Waals surface area contributed by atoms with E-state index < -0.39 is 0 Å². The van der Waals surface area contributed by atoms with Crippen molar-refractivity contribution in [1.29, 1.82) is 0 Å². The van der Waals surface area contributed by atoms with Gasteiger partial charge in [0.05, 0.1) is 17.0 Å². The number of benzene rings is 2. The number of carbonyl (C=O) groups is 2. The fourth-order valence-electron chi connectivity index (χ4n) is 5.79. The number of nitrogens with one attached hydrogen (secondary N) is 2. The molecule has 2 amide bonds. The number of anilines is 2. The Hall–Kier alpha value is -3.65. The van der Waals surface area contributed by atoms with Gasteiger partial charge in [0.15, 0.2) is 5.16 Å². The van der Waals surface area contributed by atoms with Crippen molar-refractivity contribution in [3.8, 4) is 11.3 Å². The first kappa shape index (κ1) is 26.0. The molecule has 0 aliphatic heterocycles. The summed E-state index contributed by atoms with van der Waals surface area (Å²) >= 11 is 1.26. The third kappa shape index (κ3) is 5.18. The average molecular weight is 529 g/mol. The molecule has 1 fully saturated rings. The standard InChI is InChI=1S/C30H32N4O3S/c1-3-17-34-28(37)26-27(24-10-6-5-9-21(24)18-30(26)15-7-4-8-16-30)33-29(34)38-19-25(36)32-23-13-11-22(12-14-23)31-20(2)35/h3,5-6,9-14H,1,4,7-8,15-19H2,2H3,(H,31,35)(H,32,36). The molecule has 2 aliphatic rings. The largest absolute Gasteiger partial charge is 0.326 e. The molecule has 1 heterocycles. The first-order valence-electron chi connectivity index (χ1n) is 13.0. The van der Waals surface area contributed by atoms with Crippen molar-refractivity contribution in [1.82, 2.24) is 9.55 Å². The summed E-state index contributed by atoms with van der Waals surface area (Å²) < 4.78 is 1.68. The molecule has 8 heteroatoms. The molecule has 3 aromatic rings. The normalized spacial score (nSPS) is 15.3. The second-order valence-electron chi connectivity index (χ2n) is 10.1. The van der Waals surface area contributed by atoms with Crippen molar-refractivity contribution in [3.05, 3.63) is 82.7 Å². The predicted octanol–water partition coefficient (Wildman–Crippen LogP) is 5.54. The Morgan fingerprint density at radius 1 is 1.05 bits per heavy atom. The quantitative estimate of drug-likeness (QED) is 0.239. The van der Waals surface area contributed by atoms with Crippen molar-refractivity contribution in [2.24, 2.45) is 0 Å². The monoisotopic (exact) mass is 528 g/mol. The van der Waals surface area contributed by atoms with Crippen molar-refractivity contribution < 1.29 is 9.59 Å². The zero-order valence-corrected chi connectivity index (χ0v) is 22.4. The molecular formula is C30H32N4O3S. The number of hydrogen-bond donors (Lipinski definition) is 2. The maximum Gasteiger partial charge on any atom is 0.258 e. The lowest BCUT2D eigenvalue weighted by Gasteiger charge is -2.42. The molecule has 2 aliphatic carbocycles. The summed E-state index contributed by atoms with van der Waals surface area (Å²) in [5.41, 5.74) is 4.97. The van der Waals surface area contributed by atoms with Crippen LogP contribution in [-0.4, -0.2) is 27.1 Å². The lowest BCUT2D eigenvalue weighted by Crippen LogP contribution is -2.43. The minimum Gasteiger partial charge on any atom is -0.326 e. The molecule has 1 spiro atoms. The Labute approximate surface area is 226 Å². The van der Waals surface area contributed by atoms with Gasteiger partial charge in [0, 0.05) is 35.8 Å². The van der Waals surface area contributed by atoms with Crippen LogP contribution in [0.25, 0.3) is 11.3 Å². The average Bonchev–Trinajstić information content (AvgIpc) is 2.90. The molecule has 0 radical (unpaired) electrons. The molecule has 0 saturated heterocycles. The second-order valence-corrected chi connectivity index (χ2v) is 11.0. The minimum atomic E-state index is -0.205. The van der Waals surface area contributed by atoms with Crippen LogP contribution in [0.4, 0.5) is 11.4 Å². The molecule has 7 nitrogen and oxygen atoms in total. The molecular weight excluding hydrogens is 496 g/mol. The fourth-order valence-corrected chi connectivity index (χ4v) is 6.59. The van der Waals surface area contributed by atoms with E-state index in [2.05, 4.69) is 35.4 Å².